The molecule has 0 saturated carbocycles. The third-order valence-corrected chi connectivity index (χ3v) is 3.78. The zero-order valence-corrected chi connectivity index (χ0v) is 17.0. The van der Waals surface area contributed by atoms with E-state index in [0.29, 0.717) is 13.2 Å². The van der Waals surface area contributed by atoms with Crippen molar-refractivity contribution in [3.63, 3.8) is 0 Å². The van der Waals surface area contributed by atoms with Gasteiger partial charge in [0.2, 0.25) is 0 Å². The van der Waals surface area contributed by atoms with E-state index >= 15 is 0 Å². The summed E-state index contributed by atoms with van der Waals surface area (Å²) >= 11 is 0. The Morgan fingerprint density at radius 2 is 2.09 bits per heavy atom. The SMILES string of the molecule is CN=C(NCCCOCCOC)N1CCC(CC(C)C)C1.I. The van der Waals surface area contributed by atoms with Gasteiger partial charge in [0.05, 0.1) is 13.2 Å². The van der Waals surface area contributed by atoms with Gasteiger partial charge in [0.15, 0.2) is 5.96 Å². The first kappa shape index (κ1) is 21.9. The summed E-state index contributed by atoms with van der Waals surface area (Å²) in [5, 5.41) is 3.44. The van der Waals surface area contributed by atoms with Crippen LogP contribution in [0.5, 0.6) is 0 Å². The van der Waals surface area contributed by atoms with Crippen molar-refractivity contribution in [3.8, 4) is 0 Å². The monoisotopic (exact) mass is 427 g/mol. The number of hydrogen-bond donors (Lipinski definition) is 1. The highest BCUT2D eigenvalue weighted by Gasteiger charge is 2.24. The van der Waals surface area contributed by atoms with E-state index in [2.05, 4.69) is 29.1 Å². The molecule has 5 nitrogen and oxygen atoms in total. The molecule has 0 aromatic heterocycles. The molecule has 1 saturated heterocycles. The van der Waals surface area contributed by atoms with Gasteiger partial charge >= 0.3 is 0 Å². The molecule has 1 N–H and O–H groups in total. The largest absolute Gasteiger partial charge is 0.382 e. The van der Waals surface area contributed by atoms with Crippen LogP contribution in [-0.2, 0) is 9.47 Å². The van der Waals surface area contributed by atoms with Crippen LogP contribution in [0.4, 0.5) is 0 Å². The highest BCUT2D eigenvalue weighted by Crippen LogP contribution is 2.23. The maximum absolute atomic E-state index is 5.46. The van der Waals surface area contributed by atoms with Gasteiger partial charge in [-0.25, -0.2) is 0 Å². The quantitative estimate of drug-likeness (QED) is 0.266. The molecular formula is C16H34IN3O2. The molecule has 1 unspecified atom stereocenters. The van der Waals surface area contributed by atoms with Crippen molar-refractivity contribution in [2.75, 3.05) is 53.6 Å². The van der Waals surface area contributed by atoms with E-state index < -0.39 is 0 Å². The van der Waals surface area contributed by atoms with Crippen molar-refractivity contribution in [3.05, 3.63) is 0 Å². The predicted molar refractivity (Wildman–Crippen MR) is 103 cm³/mol. The van der Waals surface area contributed by atoms with Crippen LogP contribution < -0.4 is 5.32 Å². The summed E-state index contributed by atoms with van der Waals surface area (Å²) in [6, 6.07) is 0. The normalized spacial score (nSPS) is 18.7. The molecule has 22 heavy (non-hydrogen) atoms. The van der Waals surface area contributed by atoms with Crippen LogP contribution >= 0.6 is 24.0 Å². The van der Waals surface area contributed by atoms with E-state index in [1.807, 2.05) is 7.05 Å². The number of likely N-dealkylation sites (tertiary alicyclic amines) is 1. The Bertz CT molecular complexity index is 301. The molecule has 1 aliphatic rings. The summed E-state index contributed by atoms with van der Waals surface area (Å²) in [5.74, 6) is 2.65. The fourth-order valence-corrected chi connectivity index (χ4v) is 2.84. The van der Waals surface area contributed by atoms with Crippen molar-refractivity contribution >= 4 is 29.9 Å². The van der Waals surface area contributed by atoms with E-state index in [1.165, 1.54) is 12.8 Å². The van der Waals surface area contributed by atoms with E-state index in [-0.39, 0.29) is 24.0 Å². The Labute approximate surface area is 153 Å². The molecule has 0 amide bonds. The highest BCUT2D eigenvalue weighted by atomic mass is 127. The van der Waals surface area contributed by atoms with E-state index in [9.17, 15) is 0 Å². The lowest BCUT2D eigenvalue weighted by molar-refractivity contribution is 0.0698. The molecule has 1 atom stereocenters. The first-order valence-electron chi connectivity index (χ1n) is 8.19. The van der Waals surface area contributed by atoms with Crippen LogP contribution in [-0.4, -0.2) is 64.5 Å². The molecule has 0 aliphatic carbocycles. The summed E-state index contributed by atoms with van der Waals surface area (Å²) in [6.45, 7) is 9.89. The topological polar surface area (TPSA) is 46.1 Å². The molecule has 0 radical (unpaired) electrons. The summed E-state index contributed by atoms with van der Waals surface area (Å²) in [6.07, 6.45) is 3.60. The highest BCUT2D eigenvalue weighted by molar-refractivity contribution is 14.0. The Balaban J connectivity index is 0.00000441. The zero-order valence-electron chi connectivity index (χ0n) is 14.6. The Morgan fingerprint density at radius 3 is 2.73 bits per heavy atom. The van der Waals surface area contributed by atoms with E-state index in [4.69, 9.17) is 9.47 Å². The number of hydrogen-bond acceptors (Lipinski definition) is 3. The standard InChI is InChI=1S/C16H33N3O2.HI/c1-14(2)12-15-6-8-19(13-15)16(17-3)18-7-5-9-21-11-10-20-4;/h14-15H,5-13H2,1-4H3,(H,17,18);1H. The number of ether oxygens (including phenoxy) is 2. The van der Waals surface area contributed by atoms with Crippen LogP contribution in [0.1, 0.15) is 33.1 Å². The van der Waals surface area contributed by atoms with Gasteiger partial charge in [0.25, 0.3) is 0 Å². The number of halogens is 1. The van der Waals surface area contributed by atoms with Crippen molar-refractivity contribution in [2.24, 2.45) is 16.8 Å². The second-order valence-corrected chi connectivity index (χ2v) is 6.16. The first-order valence-corrected chi connectivity index (χ1v) is 8.19. The smallest absolute Gasteiger partial charge is 0.193 e. The minimum Gasteiger partial charge on any atom is -0.382 e. The molecule has 0 aromatic carbocycles. The van der Waals surface area contributed by atoms with Crippen molar-refractivity contribution in [1.82, 2.24) is 10.2 Å². The molecule has 1 rings (SSSR count). The molecule has 1 heterocycles. The van der Waals surface area contributed by atoms with Crippen molar-refractivity contribution in [2.45, 2.75) is 33.1 Å². The van der Waals surface area contributed by atoms with Crippen LogP contribution in [0.3, 0.4) is 0 Å². The number of nitrogens with one attached hydrogen (secondary N) is 1. The molecular weight excluding hydrogens is 393 g/mol. The average Bonchev–Trinajstić information content (AvgIpc) is 2.89. The van der Waals surface area contributed by atoms with Crippen LogP contribution in [0.2, 0.25) is 0 Å². The maximum Gasteiger partial charge on any atom is 0.193 e. The minimum atomic E-state index is 0. The Hall–Kier alpha value is -0.0800. The number of nitrogens with zero attached hydrogens (tertiary/aromatic N) is 2. The zero-order chi connectivity index (χ0) is 15.5. The summed E-state index contributed by atoms with van der Waals surface area (Å²) in [7, 11) is 3.56. The van der Waals surface area contributed by atoms with Gasteiger partial charge in [-0.3, -0.25) is 4.99 Å². The van der Waals surface area contributed by atoms with Gasteiger partial charge in [0.1, 0.15) is 0 Å². The number of methoxy groups -OCH3 is 1. The van der Waals surface area contributed by atoms with E-state index in [1.54, 1.807) is 7.11 Å². The molecule has 0 aromatic rings. The fraction of sp³-hybridized carbons (Fsp3) is 0.938. The third kappa shape index (κ3) is 9.15. The maximum atomic E-state index is 5.46. The van der Waals surface area contributed by atoms with Crippen LogP contribution in [0.25, 0.3) is 0 Å². The molecule has 132 valence electrons. The summed E-state index contributed by atoms with van der Waals surface area (Å²) in [4.78, 5) is 6.79. The van der Waals surface area contributed by atoms with Crippen molar-refractivity contribution < 1.29 is 9.47 Å². The van der Waals surface area contributed by atoms with Crippen molar-refractivity contribution in [1.29, 1.82) is 0 Å². The first-order chi connectivity index (χ1) is 10.2. The lowest BCUT2D eigenvalue weighted by atomic mass is 9.97. The van der Waals surface area contributed by atoms with Crippen LogP contribution in [0, 0.1) is 11.8 Å². The third-order valence-electron chi connectivity index (χ3n) is 3.78. The summed E-state index contributed by atoms with van der Waals surface area (Å²) in [5.41, 5.74) is 0. The van der Waals surface area contributed by atoms with Gasteiger partial charge < -0.3 is 19.7 Å². The van der Waals surface area contributed by atoms with Gasteiger partial charge in [-0.1, -0.05) is 13.8 Å². The Kier molecular flexibility index (Phi) is 13.3. The number of guanidine groups is 1. The minimum absolute atomic E-state index is 0. The molecule has 6 heteroatoms. The number of aliphatic imine (C=N–C) groups is 1. The second kappa shape index (κ2) is 13.4. The molecule has 0 spiro atoms. The van der Waals surface area contributed by atoms with Crippen LogP contribution in [0.15, 0.2) is 4.99 Å². The van der Waals surface area contributed by atoms with E-state index in [0.717, 1.165) is 50.5 Å². The Morgan fingerprint density at radius 1 is 1.32 bits per heavy atom. The van der Waals surface area contributed by atoms with Gasteiger partial charge in [-0.15, -0.1) is 24.0 Å². The molecule has 1 aliphatic heterocycles. The summed E-state index contributed by atoms with van der Waals surface area (Å²) < 4.78 is 10.4. The van der Waals surface area contributed by atoms with Gasteiger partial charge in [-0.05, 0) is 31.1 Å². The lowest BCUT2D eigenvalue weighted by Gasteiger charge is -2.22. The predicted octanol–water partition coefficient (Wildman–Crippen LogP) is 2.60. The van der Waals surface area contributed by atoms with Gasteiger partial charge in [0, 0.05) is 40.4 Å². The fourth-order valence-electron chi connectivity index (χ4n) is 2.84. The average molecular weight is 427 g/mol. The lowest BCUT2D eigenvalue weighted by Crippen LogP contribution is -2.40. The second-order valence-electron chi connectivity index (χ2n) is 6.16. The number of rotatable bonds is 9. The van der Waals surface area contributed by atoms with Gasteiger partial charge in [-0.2, -0.15) is 0 Å². The molecule has 0 bridgehead atoms. The molecule has 1 fully saturated rings.